The molecule has 14 heavy (non-hydrogen) atoms. The first-order valence-corrected chi connectivity index (χ1v) is 4.57. The normalized spacial score (nSPS) is 12.1. The minimum Gasteiger partial charge on any atom is -0.546 e. The second-order valence-electron chi connectivity index (χ2n) is 3.15. The van der Waals surface area contributed by atoms with Gasteiger partial charge in [0.1, 0.15) is 11.9 Å². The maximum atomic E-state index is 10.6. The largest absolute Gasteiger partial charge is 0.546 e. The maximum absolute atomic E-state index is 10.6. The number of rotatable bonds is 4. The van der Waals surface area contributed by atoms with Crippen LogP contribution in [0.1, 0.15) is 18.9 Å². The first kappa shape index (κ1) is 10.6. The predicted molar refractivity (Wildman–Crippen MR) is 50.9 cm³/mol. The van der Waals surface area contributed by atoms with Crippen molar-refractivity contribution in [2.75, 3.05) is 0 Å². The lowest BCUT2D eigenvalue weighted by molar-refractivity contribution is -0.313. The van der Waals surface area contributed by atoms with Gasteiger partial charge in [-0.3, -0.25) is 0 Å². The second kappa shape index (κ2) is 4.65. The summed E-state index contributed by atoms with van der Waals surface area (Å²) in [6.07, 6.45) is -0.464. The van der Waals surface area contributed by atoms with Crippen LogP contribution in [-0.2, 0) is 4.79 Å². The minimum absolute atomic E-state index is 0.399. The van der Waals surface area contributed by atoms with Crippen molar-refractivity contribution in [3.63, 3.8) is 0 Å². The Hall–Kier alpha value is -1.51. The molecule has 0 aliphatic rings. The molecule has 0 saturated heterocycles. The van der Waals surface area contributed by atoms with E-state index in [0.29, 0.717) is 12.2 Å². The number of ether oxygens (including phenoxy) is 1. The van der Waals surface area contributed by atoms with Crippen LogP contribution in [0.2, 0.25) is 0 Å². The second-order valence-corrected chi connectivity index (χ2v) is 3.15. The van der Waals surface area contributed by atoms with Crippen LogP contribution in [0.4, 0.5) is 0 Å². The molecule has 0 aliphatic carbocycles. The molecule has 0 bridgehead atoms. The fourth-order valence-corrected chi connectivity index (χ4v) is 1.08. The van der Waals surface area contributed by atoms with Crippen LogP contribution in [-0.4, -0.2) is 12.1 Å². The Kier molecular flexibility index (Phi) is 3.51. The number of carboxylic acid groups (broad SMARTS) is 1. The van der Waals surface area contributed by atoms with Gasteiger partial charge in [-0.25, -0.2) is 0 Å². The van der Waals surface area contributed by atoms with E-state index in [4.69, 9.17) is 4.74 Å². The summed E-state index contributed by atoms with van der Waals surface area (Å²) in [4.78, 5) is 10.6. The van der Waals surface area contributed by atoms with Crippen molar-refractivity contribution >= 4 is 5.97 Å². The SMILES string of the molecule is CC[C@H](Oc1ccc(C)cc1)C(=O)[O-]. The van der Waals surface area contributed by atoms with Crippen molar-refractivity contribution in [1.82, 2.24) is 0 Å². The number of carboxylic acids is 1. The fourth-order valence-electron chi connectivity index (χ4n) is 1.08. The molecule has 0 N–H and O–H groups in total. The number of benzene rings is 1. The lowest BCUT2D eigenvalue weighted by atomic mass is 10.2. The zero-order valence-electron chi connectivity index (χ0n) is 8.32. The summed E-state index contributed by atoms with van der Waals surface area (Å²) in [7, 11) is 0. The molecule has 76 valence electrons. The van der Waals surface area contributed by atoms with Crippen LogP contribution < -0.4 is 9.84 Å². The number of carbonyl (C=O) groups is 1. The van der Waals surface area contributed by atoms with Crippen LogP contribution in [0.15, 0.2) is 24.3 Å². The molecule has 0 spiro atoms. The predicted octanol–water partition coefficient (Wildman–Crippen LogP) is 0.902. The molecule has 1 atom stereocenters. The minimum atomic E-state index is -1.17. The van der Waals surface area contributed by atoms with Gasteiger partial charge in [0, 0.05) is 0 Å². The van der Waals surface area contributed by atoms with Crippen molar-refractivity contribution in [2.24, 2.45) is 0 Å². The van der Waals surface area contributed by atoms with Crippen LogP contribution in [0, 0.1) is 6.92 Å². The Bertz CT molecular complexity index is 303. The Morgan fingerprint density at radius 1 is 1.43 bits per heavy atom. The Morgan fingerprint density at radius 2 is 2.00 bits per heavy atom. The lowest BCUT2D eigenvalue weighted by Gasteiger charge is -2.18. The molecule has 3 nitrogen and oxygen atoms in total. The van der Waals surface area contributed by atoms with E-state index in [9.17, 15) is 9.90 Å². The van der Waals surface area contributed by atoms with Crippen LogP contribution in [0.5, 0.6) is 5.75 Å². The fraction of sp³-hybridized carbons (Fsp3) is 0.364. The molecule has 3 heteroatoms. The zero-order chi connectivity index (χ0) is 10.6. The molecule has 0 saturated carbocycles. The highest BCUT2D eigenvalue weighted by Gasteiger charge is 2.08. The van der Waals surface area contributed by atoms with Crippen LogP contribution in [0.25, 0.3) is 0 Å². The van der Waals surface area contributed by atoms with Crippen molar-refractivity contribution in [3.8, 4) is 5.75 Å². The molecule has 0 amide bonds. The summed E-state index contributed by atoms with van der Waals surface area (Å²) < 4.78 is 5.22. The molecule has 0 aromatic heterocycles. The third kappa shape index (κ3) is 2.76. The smallest absolute Gasteiger partial charge is 0.138 e. The van der Waals surface area contributed by atoms with E-state index in [-0.39, 0.29) is 0 Å². The van der Waals surface area contributed by atoms with Gasteiger partial charge in [0.15, 0.2) is 0 Å². The number of hydrogen-bond donors (Lipinski definition) is 0. The third-order valence-corrected chi connectivity index (χ3v) is 1.93. The summed E-state index contributed by atoms with van der Waals surface area (Å²) in [5.41, 5.74) is 1.11. The highest BCUT2D eigenvalue weighted by Crippen LogP contribution is 2.14. The molecular weight excluding hydrogens is 180 g/mol. The highest BCUT2D eigenvalue weighted by atomic mass is 16.5. The zero-order valence-corrected chi connectivity index (χ0v) is 8.32. The average Bonchev–Trinajstić information content (AvgIpc) is 2.16. The number of aryl methyl sites for hydroxylation is 1. The van der Waals surface area contributed by atoms with Crippen molar-refractivity contribution < 1.29 is 14.6 Å². The molecule has 0 heterocycles. The topological polar surface area (TPSA) is 49.4 Å². The monoisotopic (exact) mass is 193 g/mol. The number of aliphatic carboxylic acids is 1. The summed E-state index contributed by atoms with van der Waals surface area (Å²) >= 11 is 0. The van der Waals surface area contributed by atoms with Gasteiger partial charge in [-0.2, -0.15) is 0 Å². The van der Waals surface area contributed by atoms with E-state index in [1.807, 2.05) is 19.1 Å². The Balaban J connectivity index is 2.67. The van der Waals surface area contributed by atoms with E-state index >= 15 is 0 Å². The lowest BCUT2D eigenvalue weighted by Crippen LogP contribution is -2.39. The van der Waals surface area contributed by atoms with Gasteiger partial charge in [-0.05, 0) is 25.5 Å². The van der Waals surface area contributed by atoms with Crippen molar-refractivity contribution in [3.05, 3.63) is 29.8 Å². The van der Waals surface area contributed by atoms with Gasteiger partial charge in [-0.15, -0.1) is 0 Å². The van der Waals surface area contributed by atoms with E-state index < -0.39 is 12.1 Å². The van der Waals surface area contributed by atoms with Gasteiger partial charge in [0.05, 0.1) is 5.97 Å². The first-order chi connectivity index (χ1) is 6.63. The van der Waals surface area contributed by atoms with Gasteiger partial charge in [-0.1, -0.05) is 24.6 Å². The average molecular weight is 193 g/mol. The molecule has 0 fully saturated rings. The molecule has 1 aromatic carbocycles. The summed E-state index contributed by atoms with van der Waals surface area (Å²) in [6, 6.07) is 7.25. The Labute approximate surface area is 83.3 Å². The van der Waals surface area contributed by atoms with Crippen LogP contribution in [0.3, 0.4) is 0 Å². The van der Waals surface area contributed by atoms with Gasteiger partial charge in [0.25, 0.3) is 0 Å². The van der Waals surface area contributed by atoms with E-state index in [1.165, 1.54) is 0 Å². The van der Waals surface area contributed by atoms with Crippen molar-refractivity contribution in [1.29, 1.82) is 0 Å². The molecule has 0 unspecified atom stereocenters. The summed E-state index contributed by atoms with van der Waals surface area (Å²) in [5, 5.41) is 10.6. The summed E-state index contributed by atoms with van der Waals surface area (Å²) in [6.45, 7) is 3.70. The van der Waals surface area contributed by atoms with Gasteiger partial charge in [0.2, 0.25) is 0 Å². The molecule has 1 rings (SSSR count). The van der Waals surface area contributed by atoms with E-state index in [2.05, 4.69) is 0 Å². The van der Waals surface area contributed by atoms with Crippen molar-refractivity contribution in [2.45, 2.75) is 26.4 Å². The van der Waals surface area contributed by atoms with Gasteiger partial charge < -0.3 is 14.6 Å². The molecule has 1 aromatic rings. The highest BCUT2D eigenvalue weighted by molar-refractivity contribution is 5.70. The van der Waals surface area contributed by atoms with Gasteiger partial charge >= 0.3 is 0 Å². The Morgan fingerprint density at radius 3 is 2.43 bits per heavy atom. The van der Waals surface area contributed by atoms with E-state index in [0.717, 1.165) is 5.56 Å². The number of carbonyl (C=O) groups excluding carboxylic acids is 1. The standard InChI is InChI=1S/C11H14O3/c1-3-10(11(12)13)14-9-6-4-8(2)5-7-9/h4-7,10H,3H2,1-2H3,(H,12,13)/p-1/t10-/m0/s1. The summed E-state index contributed by atoms with van der Waals surface area (Å²) in [5.74, 6) is -0.611. The van der Waals surface area contributed by atoms with Crippen LogP contribution >= 0.6 is 0 Å². The molecule has 0 aliphatic heterocycles. The number of hydrogen-bond acceptors (Lipinski definition) is 3. The first-order valence-electron chi connectivity index (χ1n) is 4.57. The molecular formula is C11H13O3-. The maximum Gasteiger partial charge on any atom is 0.138 e. The molecule has 0 radical (unpaired) electrons. The quantitative estimate of drug-likeness (QED) is 0.713. The van der Waals surface area contributed by atoms with E-state index in [1.54, 1.807) is 19.1 Å². The third-order valence-electron chi connectivity index (χ3n) is 1.93.